The normalized spacial score (nSPS) is 17.8. The van der Waals surface area contributed by atoms with E-state index in [0.29, 0.717) is 0 Å². The highest BCUT2D eigenvalue weighted by molar-refractivity contribution is 6.05. The summed E-state index contributed by atoms with van der Waals surface area (Å²) in [5.41, 5.74) is 7.53. The van der Waals surface area contributed by atoms with Crippen molar-refractivity contribution in [3.8, 4) is 0 Å². The van der Waals surface area contributed by atoms with Gasteiger partial charge in [-0.15, -0.1) is 5.10 Å². The number of para-hydroxylation sites is 1. The number of hydrogen-bond donors (Lipinski definition) is 2. The average molecular weight is 243 g/mol. The second-order valence-electron chi connectivity index (χ2n) is 4.40. The first kappa shape index (κ1) is 10.8. The third-order valence-corrected chi connectivity index (χ3v) is 3.13. The topological polar surface area (TPSA) is 87.9 Å². The first-order valence-corrected chi connectivity index (χ1v) is 5.76. The molecule has 6 nitrogen and oxygen atoms in total. The van der Waals surface area contributed by atoms with Gasteiger partial charge in [-0.25, -0.2) is 0 Å². The number of aromatic amines is 1. The van der Waals surface area contributed by atoms with Crippen LogP contribution in [-0.2, 0) is 6.42 Å². The zero-order chi connectivity index (χ0) is 12.7. The number of nitrogens with two attached hydrogens (primary N) is 1. The summed E-state index contributed by atoms with van der Waals surface area (Å²) in [6, 6.07) is 7.99. The van der Waals surface area contributed by atoms with Crippen molar-refractivity contribution in [3.05, 3.63) is 35.7 Å². The van der Waals surface area contributed by atoms with Gasteiger partial charge in [0.25, 0.3) is 5.91 Å². The van der Waals surface area contributed by atoms with E-state index in [-0.39, 0.29) is 23.7 Å². The monoisotopic (exact) mass is 243 g/mol. The highest BCUT2D eigenvalue weighted by Gasteiger charge is 2.32. The molecule has 1 aromatic heterocycles. The van der Waals surface area contributed by atoms with Crippen LogP contribution in [0.1, 0.15) is 23.1 Å². The maximum atomic E-state index is 12.4. The molecule has 1 aliphatic rings. The smallest absolute Gasteiger partial charge is 0.295 e. The van der Waals surface area contributed by atoms with Crippen LogP contribution in [0.4, 0.5) is 11.6 Å². The summed E-state index contributed by atoms with van der Waals surface area (Å²) in [6.07, 6.45) is 0.853. The van der Waals surface area contributed by atoms with Gasteiger partial charge in [-0.05, 0) is 25.0 Å². The number of aromatic nitrogens is 3. The quantitative estimate of drug-likeness (QED) is 0.781. The number of rotatable bonds is 1. The molecule has 2 heterocycles. The van der Waals surface area contributed by atoms with Crippen LogP contribution < -0.4 is 10.6 Å². The number of amides is 1. The number of fused-ring (bicyclic) bond motifs is 1. The van der Waals surface area contributed by atoms with Crippen LogP contribution in [0.25, 0.3) is 0 Å². The Morgan fingerprint density at radius 3 is 3.00 bits per heavy atom. The molecule has 0 fully saturated rings. The van der Waals surface area contributed by atoms with E-state index in [1.165, 1.54) is 5.56 Å². The molecule has 92 valence electrons. The molecule has 0 bridgehead atoms. The summed E-state index contributed by atoms with van der Waals surface area (Å²) in [6.45, 7) is 2.01. The maximum Gasteiger partial charge on any atom is 0.295 e. The number of anilines is 2. The first-order valence-electron chi connectivity index (χ1n) is 5.76. The van der Waals surface area contributed by atoms with Crippen LogP contribution in [0.2, 0.25) is 0 Å². The summed E-state index contributed by atoms with van der Waals surface area (Å²) in [5, 5.41) is 6.24. The number of nitrogens with zero attached hydrogens (tertiary/aromatic N) is 3. The van der Waals surface area contributed by atoms with Crippen LogP contribution in [0.5, 0.6) is 0 Å². The third kappa shape index (κ3) is 1.54. The Labute approximate surface area is 104 Å². The third-order valence-electron chi connectivity index (χ3n) is 3.13. The van der Waals surface area contributed by atoms with Crippen molar-refractivity contribution in [1.29, 1.82) is 0 Å². The van der Waals surface area contributed by atoms with E-state index in [1.807, 2.05) is 31.2 Å². The van der Waals surface area contributed by atoms with Crippen molar-refractivity contribution < 1.29 is 4.79 Å². The minimum atomic E-state index is -0.198. The SMILES string of the molecule is CC1Cc2ccccc2N1C(=O)c1nc(N)n[nH]1. The van der Waals surface area contributed by atoms with Crippen LogP contribution in [0.3, 0.4) is 0 Å². The molecular weight excluding hydrogens is 230 g/mol. The number of benzene rings is 1. The highest BCUT2D eigenvalue weighted by Crippen LogP contribution is 2.32. The fraction of sp³-hybridized carbons (Fsp3) is 0.250. The predicted octanol–water partition coefficient (Wildman–Crippen LogP) is 0.978. The first-order chi connectivity index (χ1) is 8.66. The Morgan fingerprint density at radius 2 is 2.28 bits per heavy atom. The Kier molecular flexibility index (Phi) is 2.29. The van der Waals surface area contributed by atoms with E-state index in [4.69, 9.17) is 5.73 Å². The Hall–Kier alpha value is -2.37. The molecular formula is C12H13N5O. The molecule has 1 atom stereocenters. The van der Waals surface area contributed by atoms with Gasteiger partial charge in [-0.2, -0.15) is 4.98 Å². The molecule has 3 N–H and O–H groups in total. The number of carbonyl (C=O) groups excluding carboxylic acids is 1. The Bertz CT molecular complexity index is 606. The lowest BCUT2D eigenvalue weighted by molar-refractivity contribution is 0.0972. The predicted molar refractivity (Wildman–Crippen MR) is 67.2 cm³/mol. The van der Waals surface area contributed by atoms with E-state index in [2.05, 4.69) is 15.2 Å². The minimum absolute atomic E-state index is 0.0819. The van der Waals surface area contributed by atoms with Gasteiger partial charge in [0.1, 0.15) is 0 Å². The van der Waals surface area contributed by atoms with E-state index in [9.17, 15) is 4.79 Å². The number of nitrogens with one attached hydrogen (secondary N) is 1. The van der Waals surface area contributed by atoms with Gasteiger partial charge in [0.2, 0.25) is 11.8 Å². The number of H-pyrrole nitrogens is 1. The van der Waals surface area contributed by atoms with Crippen molar-refractivity contribution in [2.24, 2.45) is 0 Å². The largest absolute Gasteiger partial charge is 0.366 e. The molecule has 18 heavy (non-hydrogen) atoms. The van der Waals surface area contributed by atoms with Gasteiger partial charge >= 0.3 is 0 Å². The number of hydrogen-bond acceptors (Lipinski definition) is 4. The molecule has 0 spiro atoms. The molecule has 1 unspecified atom stereocenters. The van der Waals surface area contributed by atoms with Crippen LogP contribution in [0, 0.1) is 0 Å². The summed E-state index contributed by atoms with van der Waals surface area (Å²) in [5.74, 6) is 0.0613. The van der Waals surface area contributed by atoms with Crippen molar-refractivity contribution in [2.75, 3.05) is 10.6 Å². The van der Waals surface area contributed by atoms with E-state index in [1.54, 1.807) is 4.90 Å². The summed E-state index contributed by atoms with van der Waals surface area (Å²) < 4.78 is 0. The van der Waals surface area contributed by atoms with Gasteiger partial charge in [0, 0.05) is 11.7 Å². The van der Waals surface area contributed by atoms with Gasteiger partial charge in [-0.3, -0.25) is 9.89 Å². The van der Waals surface area contributed by atoms with Gasteiger partial charge < -0.3 is 10.6 Å². The molecule has 0 radical (unpaired) electrons. The van der Waals surface area contributed by atoms with Crippen molar-refractivity contribution >= 4 is 17.5 Å². The zero-order valence-electron chi connectivity index (χ0n) is 9.92. The maximum absolute atomic E-state index is 12.4. The lowest BCUT2D eigenvalue weighted by atomic mass is 10.1. The molecule has 0 saturated carbocycles. The lowest BCUT2D eigenvalue weighted by Crippen LogP contribution is -2.36. The lowest BCUT2D eigenvalue weighted by Gasteiger charge is -2.21. The Morgan fingerprint density at radius 1 is 1.50 bits per heavy atom. The minimum Gasteiger partial charge on any atom is -0.366 e. The van der Waals surface area contributed by atoms with E-state index >= 15 is 0 Å². The van der Waals surface area contributed by atoms with Crippen molar-refractivity contribution in [2.45, 2.75) is 19.4 Å². The van der Waals surface area contributed by atoms with Crippen LogP contribution in [0.15, 0.2) is 24.3 Å². The second kappa shape index (κ2) is 3.83. The fourth-order valence-electron chi connectivity index (χ4n) is 2.36. The molecule has 2 aromatic rings. The zero-order valence-corrected chi connectivity index (χ0v) is 9.92. The summed E-state index contributed by atoms with van der Waals surface area (Å²) >= 11 is 0. The van der Waals surface area contributed by atoms with Crippen LogP contribution in [-0.4, -0.2) is 27.1 Å². The van der Waals surface area contributed by atoms with Gasteiger partial charge in [-0.1, -0.05) is 18.2 Å². The average Bonchev–Trinajstić information content (AvgIpc) is 2.91. The van der Waals surface area contributed by atoms with Gasteiger partial charge in [0.15, 0.2) is 0 Å². The highest BCUT2D eigenvalue weighted by atomic mass is 16.2. The number of nitrogen functional groups attached to an aromatic ring is 1. The molecule has 0 saturated heterocycles. The van der Waals surface area contributed by atoms with Crippen LogP contribution >= 0.6 is 0 Å². The van der Waals surface area contributed by atoms with Crippen molar-refractivity contribution in [3.63, 3.8) is 0 Å². The molecule has 1 aliphatic heterocycles. The molecule has 6 heteroatoms. The standard InChI is InChI=1S/C12H13N5O/c1-7-6-8-4-2-3-5-9(8)17(7)11(18)10-14-12(13)16-15-10/h2-5,7H,6H2,1H3,(H3,13,14,15,16). The van der Waals surface area contributed by atoms with E-state index in [0.717, 1.165) is 12.1 Å². The van der Waals surface area contributed by atoms with E-state index < -0.39 is 0 Å². The van der Waals surface area contributed by atoms with Crippen molar-refractivity contribution in [1.82, 2.24) is 15.2 Å². The Balaban J connectivity index is 2.00. The van der Waals surface area contributed by atoms with Gasteiger partial charge in [0.05, 0.1) is 0 Å². The fourth-order valence-corrected chi connectivity index (χ4v) is 2.36. The molecule has 1 aromatic carbocycles. The molecule has 3 rings (SSSR count). The number of carbonyl (C=O) groups is 1. The molecule has 0 aliphatic carbocycles. The summed E-state index contributed by atoms with van der Waals surface area (Å²) in [7, 11) is 0. The summed E-state index contributed by atoms with van der Waals surface area (Å²) in [4.78, 5) is 18.0. The second-order valence-corrected chi connectivity index (χ2v) is 4.40. The molecule has 1 amide bonds.